The Labute approximate surface area is 204 Å². The first kappa shape index (κ1) is 23.8. The first-order valence-electron chi connectivity index (χ1n) is 11.2. The number of anilines is 1. The van der Waals surface area contributed by atoms with Crippen molar-refractivity contribution in [3.05, 3.63) is 77.9 Å². The topological polar surface area (TPSA) is 87.5 Å². The largest absolute Gasteiger partial charge is 0.497 e. The van der Waals surface area contributed by atoms with Gasteiger partial charge in [-0.05, 0) is 62.7 Å². The van der Waals surface area contributed by atoms with Crippen LogP contribution in [0.25, 0.3) is 17.1 Å². The zero-order valence-electron chi connectivity index (χ0n) is 20.4. The van der Waals surface area contributed by atoms with E-state index in [-0.39, 0.29) is 12.0 Å². The van der Waals surface area contributed by atoms with Crippen LogP contribution in [0, 0.1) is 6.92 Å². The molecular weight excluding hydrogens is 444 g/mol. The number of benzene rings is 3. The van der Waals surface area contributed by atoms with Crippen molar-refractivity contribution in [3.8, 4) is 34.6 Å². The van der Waals surface area contributed by atoms with Gasteiger partial charge in [-0.25, -0.2) is 4.68 Å². The van der Waals surface area contributed by atoms with E-state index in [0.29, 0.717) is 34.6 Å². The molecule has 0 aliphatic rings. The molecule has 4 rings (SSSR count). The number of rotatable bonds is 8. The number of nitrogens with zero attached hydrogens (tertiary/aromatic N) is 3. The molecule has 1 amide bonds. The molecule has 1 heterocycles. The maximum atomic E-state index is 12.9. The molecule has 0 fully saturated rings. The van der Waals surface area contributed by atoms with Crippen LogP contribution in [0.1, 0.15) is 29.8 Å². The molecule has 3 aromatic carbocycles. The van der Waals surface area contributed by atoms with Gasteiger partial charge in [0.15, 0.2) is 5.82 Å². The summed E-state index contributed by atoms with van der Waals surface area (Å²) in [4.78, 5) is 17.5. The summed E-state index contributed by atoms with van der Waals surface area (Å²) in [7, 11) is 3.08. The minimum Gasteiger partial charge on any atom is -0.497 e. The van der Waals surface area contributed by atoms with Crippen molar-refractivity contribution in [2.45, 2.75) is 26.9 Å². The summed E-state index contributed by atoms with van der Waals surface area (Å²) in [5.41, 5.74) is 3.87. The third kappa shape index (κ3) is 5.27. The molecule has 0 aliphatic heterocycles. The van der Waals surface area contributed by atoms with Gasteiger partial charge >= 0.3 is 6.01 Å². The molecular formula is C27H28N4O4. The highest BCUT2D eigenvalue weighted by molar-refractivity contribution is 6.06. The van der Waals surface area contributed by atoms with Crippen LogP contribution in [0.5, 0.6) is 17.5 Å². The van der Waals surface area contributed by atoms with E-state index in [1.54, 1.807) is 30.0 Å². The normalized spacial score (nSPS) is 10.8. The molecule has 0 bridgehead atoms. The van der Waals surface area contributed by atoms with Crippen molar-refractivity contribution >= 4 is 11.6 Å². The molecule has 8 heteroatoms. The maximum Gasteiger partial charge on any atom is 0.336 e. The van der Waals surface area contributed by atoms with E-state index in [0.717, 1.165) is 16.8 Å². The number of ether oxygens (including phenoxy) is 3. The van der Waals surface area contributed by atoms with Gasteiger partial charge in [0.1, 0.15) is 11.5 Å². The van der Waals surface area contributed by atoms with Gasteiger partial charge in [-0.2, -0.15) is 4.98 Å². The molecule has 0 aliphatic carbocycles. The van der Waals surface area contributed by atoms with E-state index < -0.39 is 0 Å². The molecule has 0 spiro atoms. The molecule has 4 aromatic rings. The van der Waals surface area contributed by atoms with Gasteiger partial charge in [0.25, 0.3) is 5.91 Å². The predicted molar refractivity (Wildman–Crippen MR) is 135 cm³/mol. The molecule has 35 heavy (non-hydrogen) atoms. The maximum absolute atomic E-state index is 12.9. The number of methoxy groups -OCH3 is 2. The summed E-state index contributed by atoms with van der Waals surface area (Å²) in [6.45, 7) is 5.90. The third-order valence-corrected chi connectivity index (χ3v) is 5.34. The van der Waals surface area contributed by atoms with E-state index in [1.807, 2.05) is 69.3 Å². The van der Waals surface area contributed by atoms with Crippen LogP contribution in [0.3, 0.4) is 0 Å². The van der Waals surface area contributed by atoms with Crippen LogP contribution in [0.2, 0.25) is 0 Å². The second kappa shape index (κ2) is 10.3. The molecule has 0 atom stereocenters. The first-order valence-corrected chi connectivity index (χ1v) is 11.2. The fourth-order valence-corrected chi connectivity index (χ4v) is 3.60. The second-order valence-corrected chi connectivity index (χ2v) is 8.18. The Morgan fingerprint density at radius 1 is 0.971 bits per heavy atom. The number of amides is 1. The summed E-state index contributed by atoms with van der Waals surface area (Å²) in [6, 6.07) is 20.7. The van der Waals surface area contributed by atoms with Crippen molar-refractivity contribution in [2.75, 3.05) is 19.5 Å². The average molecular weight is 473 g/mol. The number of carbonyl (C=O) groups excluding carboxylic acids is 1. The Balaban J connectivity index is 1.62. The van der Waals surface area contributed by atoms with Gasteiger partial charge in [-0.15, -0.1) is 5.10 Å². The number of hydrogen-bond donors (Lipinski definition) is 1. The molecule has 0 radical (unpaired) electrons. The monoisotopic (exact) mass is 472 g/mol. The Hall–Kier alpha value is -4.33. The van der Waals surface area contributed by atoms with Gasteiger partial charge in [-0.1, -0.05) is 24.3 Å². The molecule has 1 N–H and O–H groups in total. The predicted octanol–water partition coefficient (Wildman–Crippen LogP) is 5.30. The second-order valence-electron chi connectivity index (χ2n) is 8.18. The standard InChI is InChI=1S/C27H28N4O4/c1-17(2)35-27-29-25(22-9-7-6-8-18(22)3)31(30-27)20-12-10-19(11-13-20)28-26(32)23-15-14-21(33-4)16-24(23)34-5/h6-17H,1-5H3,(H,28,32). The van der Waals surface area contributed by atoms with Gasteiger partial charge in [0, 0.05) is 17.3 Å². The van der Waals surface area contributed by atoms with Crippen molar-refractivity contribution < 1.29 is 19.0 Å². The van der Waals surface area contributed by atoms with E-state index in [4.69, 9.17) is 14.2 Å². The molecule has 0 saturated heterocycles. The lowest BCUT2D eigenvalue weighted by Crippen LogP contribution is -2.13. The number of carbonyl (C=O) groups is 1. The van der Waals surface area contributed by atoms with Crippen molar-refractivity contribution in [1.29, 1.82) is 0 Å². The van der Waals surface area contributed by atoms with Gasteiger partial charge in [-0.3, -0.25) is 4.79 Å². The Kier molecular flexibility index (Phi) is 7.01. The number of nitrogens with one attached hydrogen (secondary N) is 1. The average Bonchev–Trinajstić information content (AvgIpc) is 3.27. The zero-order valence-corrected chi connectivity index (χ0v) is 20.4. The third-order valence-electron chi connectivity index (χ3n) is 5.34. The van der Waals surface area contributed by atoms with Crippen LogP contribution >= 0.6 is 0 Å². The van der Waals surface area contributed by atoms with Crippen molar-refractivity contribution in [3.63, 3.8) is 0 Å². The summed E-state index contributed by atoms with van der Waals surface area (Å²) in [5, 5.41) is 7.49. The van der Waals surface area contributed by atoms with E-state index in [1.165, 1.54) is 7.11 Å². The lowest BCUT2D eigenvalue weighted by molar-refractivity contribution is 0.102. The van der Waals surface area contributed by atoms with Crippen molar-refractivity contribution in [1.82, 2.24) is 14.8 Å². The minimum absolute atomic E-state index is 0.0527. The van der Waals surface area contributed by atoms with E-state index in [9.17, 15) is 4.79 Å². The summed E-state index contributed by atoms with van der Waals surface area (Å²) >= 11 is 0. The van der Waals surface area contributed by atoms with Crippen molar-refractivity contribution in [2.24, 2.45) is 0 Å². The number of hydrogen-bond acceptors (Lipinski definition) is 6. The highest BCUT2D eigenvalue weighted by Gasteiger charge is 2.18. The minimum atomic E-state index is -0.286. The molecule has 0 saturated carbocycles. The molecule has 8 nitrogen and oxygen atoms in total. The Bertz CT molecular complexity index is 1330. The Morgan fingerprint density at radius 2 is 1.71 bits per heavy atom. The van der Waals surface area contributed by atoms with E-state index >= 15 is 0 Å². The highest BCUT2D eigenvalue weighted by atomic mass is 16.5. The Morgan fingerprint density at radius 3 is 2.37 bits per heavy atom. The molecule has 1 aromatic heterocycles. The van der Waals surface area contributed by atoms with Crippen LogP contribution in [-0.4, -0.2) is 41.0 Å². The molecule has 180 valence electrons. The lowest BCUT2D eigenvalue weighted by Gasteiger charge is -2.12. The van der Waals surface area contributed by atoms with Crippen LogP contribution in [0.15, 0.2) is 66.7 Å². The van der Waals surface area contributed by atoms with Gasteiger partial charge in [0.2, 0.25) is 0 Å². The van der Waals surface area contributed by atoms with Crippen LogP contribution < -0.4 is 19.5 Å². The van der Waals surface area contributed by atoms with Gasteiger partial charge < -0.3 is 19.5 Å². The molecule has 0 unspecified atom stereocenters. The summed E-state index contributed by atoms with van der Waals surface area (Å²) < 4.78 is 18.1. The lowest BCUT2D eigenvalue weighted by atomic mass is 10.1. The number of aromatic nitrogens is 3. The summed E-state index contributed by atoms with van der Waals surface area (Å²) in [5.74, 6) is 1.44. The van der Waals surface area contributed by atoms with E-state index in [2.05, 4.69) is 15.4 Å². The fourth-order valence-electron chi connectivity index (χ4n) is 3.60. The number of aryl methyl sites for hydroxylation is 1. The first-order chi connectivity index (χ1) is 16.9. The summed E-state index contributed by atoms with van der Waals surface area (Å²) in [6.07, 6.45) is -0.0527. The quantitative estimate of drug-likeness (QED) is 0.374. The van der Waals surface area contributed by atoms with Gasteiger partial charge in [0.05, 0.1) is 31.6 Å². The van der Waals surface area contributed by atoms with Crippen LogP contribution in [-0.2, 0) is 0 Å². The van der Waals surface area contributed by atoms with Crippen LogP contribution in [0.4, 0.5) is 5.69 Å². The smallest absolute Gasteiger partial charge is 0.336 e. The fraction of sp³-hybridized carbons (Fsp3) is 0.222. The highest BCUT2D eigenvalue weighted by Crippen LogP contribution is 2.28. The zero-order chi connectivity index (χ0) is 24.9. The SMILES string of the molecule is COc1ccc(C(=O)Nc2ccc(-n3nc(OC(C)C)nc3-c3ccccc3C)cc2)c(OC)c1.